The predicted molar refractivity (Wildman–Crippen MR) is 36.9 cm³/mol. The van der Waals surface area contributed by atoms with E-state index in [9.17, 15) is 0 Å². The molecule has 0 aromatic heterocycles. The molecule has 0 spiro atoms. The summed E-state index contributed by atoms with van der Waals surface area (Å²) < 4.78 is 0. The van der Waals surface area contributed by atoms with Gasteiger partial charge < -0.3 is 10.2 Å². The molecule has 0 saturated carbocycles. The SMILES string of the molecule is CN1C[C-]2CCC(C1)N2.[Re]. The van der Waals surface area contributed by atoms with Crippen molar-refractivity contribution < 1.29 is 20.4 Å². The number of rotatable bonds is 0. The molecule has 0 aromatic carbocycles. The van der Waals surface area contributed by atoms with Gasteiger partial charge in [0.1, 0.15) is 0 Å². The Morgan fingerprint density at radius 3 is 3.10 bits per heavy atom. The number of likely N-dealkylation sites (N-methyl/N-ethyl adjacent to an activating group) is 1. The van der Waals surface area contributed by atoms with E-state index in [2.05, 4.69) is 17.3 Å². The molecule has 3 heteroatoms. The van der Waals surface area contributed by atoms with E-state index in [1.807, 2.05) is 0 Å². The number of fused-ring (bicyclic) bond motifs is 2. The van der Waals surface area contributed by atoms with Crippen LogP contribution in [0.25, 0.3) is 0 Å². The van der Waals surface area contributed by atoms with Crippen LogP contribution in [-0.2, 0) is 20.4 Å². The number of piperazine rings is 1. The largest absolute Gasteiger partial charge is 0.462 e. The zero-order chi connectivity index (χ0) is 6.27. The van der Waals surface area contributed by atoms with Crippen molar-refractivity contribution in [2.75, 3.05) is 20.1 Å². The summed E-state index contributed by atoms with van der Waals surface area (Å²) >= 11 is 0. The molecule has 10 heavy (non-hydrogen) atoms. The third kappa shape index (κ3) is 1.60. The minimum atomic E-state index is 0. The molecule has 2 nitrogen and oxygen atoms in total. The Bertz CT molecular complexity index is 106. The summed E-state index contributed by atoms with van der Waals surface area (Å²) in [6, 6.07) is 2.33. The Hall–Kier alpha value is 0.582. The van der Waals surface area contributed by atoms with E-state index in [-0.39, 0.29) is 20.4 Å². The van der Waals surface area contributed by atoms with E-state index in [0.29, 0.717) is 0 Å². The van der Waals surface area contributed by atoms with Crippen LogP contribution in [0.15, 0.2) is 0 Å². The molecule has 2 heterocycles. The van der Waals surface area contributed by atoms with Gasteiger partial charge in [0.15, 0.2) is 0 Å². The summed E-state index contributed by atoms with van der Waals surface area (Å²) in [6.07, 6.45) is 2.68. The fourth-order valence-corrected chi connectivity index (χ4v) is 1.81. The fourth-order valence-electron chi connectivity index (χ4n) is 1.81. The van der Waals surface area contributed by atoms with Crippen LogP contribution in [0.3, 0.4) is 0 Å². The number of likely N-dealkylation sites (tertiary alicyclic amines) is 1. The Morgan fingerprint density at radius 2 is 2.40 bits per heavy atom. The standard InChI is InChI=1S/C7H13N2.Re/c1-9-4-6-2-3-7(5-9)8-6;/h6,8H,2-5H2,1H3;/q-1;. The smallest absolute Gasteiger partial charge is 0.00803 e. The maximum atomic E-state index is 3.50. The zero-order valence-electron chi connectivity index (χ0n) is 6.23. The Kier molecular flexibility index (Phi) is 2.88. The van der Waals surface area contributed by atoms with Crippen LogP contribution in [0.1, 0.15) is 12.8 Å². The van der Waals surface area contributed by atoms with Gasteiger partial charge in [0.05, 0.1) is 0 Å². The van der Waals surface area contributed by atoms with Crippen LogP contribution in [0, 0.1) is 6.04 Å². The molecule has 2 saturated heterocycles. The summed E-state index contributed by atoms with van der Waals surface area (Å²) in [4.78, 5) is 2.39. The molecule has 2 aliphatic rings. The van der Waals surface area contributed by atoms with E-state index in [0.717, 1.165) is 6.04 Å². The third-order valence-electron chi connectivity index (χ3n) is 2.20. The van der Waals surface area contributed by atoms with E-state index in [4.69, 9.17) is 0 Å². The molecule has 1 radical (unpaired) electrons. The van der Waals surface area contributed by atoms with Gasteiger partial charge >= 0.3 is 0 Å². The van der Waals surface area contributed by atoms with E-state index < -0.39 is 0 Å². The van der Waals surface area contributed by atoms with Gasteiger partial charge in [0.2, 0.25) is 0 Å². The quantitative estimate of drug-likeness (QED) is 0.644. The van der Waals surface area contributed by atoms with Crippen molar-refractivity contribution in [1.29, 1.82) is 0 Å². The Balaban J connectivity index is 0.000000500. The minimum Gasteiger partial charge on any atom is -0.462 e. The van der Waals surface area contributed by atoms with Crippen LogP contribution in [0.5, 0.6) is 0 Å². The second-order valence-electron chi connectivity index (χ2n) is 3.18. The second kappa shape index (κ2) is 3.32. The maximum Gasteiger partial charge on any atom is 0.00803 e. The molecular weight excluding hydrogens is 298 g/mol. The van der Waals surface area contributed by atoms with Gasteiger partial charge in [0, 0.05) is 27.0 Å². The average Bonchev–Trinajstić information content (AvgIpc) is 2.11. The predicted octanol–water partition coefficient (Wildman–Crippen LogP) is 0.213. The fraction of sp³-hybridized carbons (Fsp3) is 0.857. The monoisotopic (exact) mass is 312 g/mol. The van der Waals surface area contributed by atoms with Crippen LogP contribution >= 0.6 is 0 Å². The van der Waals surface area contributed by atoms with Crippen molar-refractivity contribution >= 4 is 0 Å². The van der Waals surface area contributed by atoms with Gasteiger partial charge in [-0.15, -0.1) is 6.54 Å². The summed E-state index contributed by atoms with van der Waals surface area (Å²) in [6.45, 7) is 2.42. The molecule has 1 unspecified atom stereocenters. The van der Waals surface area contributed by atoms with E-state index >= 15 is 0 Å². The van der Waals surface area contributed by atoms with Gasteiger partial charge in [-0.25, -0.2) is 6.04 Å². The van der Waals surface area contributed by atoms with Gasteiger partial charge in [-0.05, 0) is 13.1 Å². The molecule has 2 aliphatic heterocycles. The van der Waals surface area contributed by atoms with Crippen LogP contribution in [0.2, 0.25) is 0 Å². The molecule has 2 rings (SSSR count). The molecule has 2 fully saturated rings. The first-order valence-corrected chi connectivity index (χ1v) is 3.64. The Labute approximate surface area is 76.0 Å². The molecule has 59 valence electrons. The maximum absolute atomic E-state index is 3.50. The molecule has 2 bridgehead atoms. The van der Waals surface area contributed by atoms with Gasteiger partial charge in [-0.2, -0.15) is 6.42 Å². The second-order valence-corrected chi connectivity index (χ2v) is 3.18. The van der Waals surface area contributed by atoms with Gasteiger partial charge in [0.25, 0.3) is 0 Å². The number of hydrogen-bond acceptors (Lipinski definition) is 2. The van der Waals surface area contributed by atoms with E-state index in [1.54, 1.807) is 6.04 Å². The van der Waals surface area contributed by atoms with E-state index in [1.165, 1.54) is 25.9 Å². The van der Waals surface area contributed by atoms with Crippen LogP contribution in [0.4, 0.5) is 0 Å². The van der Waals surface area contributed by atoms with Crippen molar-refractivity contribution in [1.82, 2.24) is 10.2 Å². The first-order valence-electron chi connectivity index (χ1n) is 3.64. The van der Waals surface area contributed by atoms with Gasteiger partial charge in [-0.1, -0.05) is 6.42 Å². The minimum absolute atomic E-state index is 0. The summed E-state index contributed by atoms with van der Waals surface area (Å²) in [5.74, 6) is 0. The first-order chi connectivity index (χ1) is 4.34. The van der Waals surface area contributed by atoms with Crippen molar-refractivity contribution in [3.8, 4) is 0 Å². The summed E-state index contributed by atoms with van der Waals surface area (Å²) in [5.41, 5.74) is 0. The first kappa shape index (κ1) is 8.68. The summed E-state index contributed by atoms with van der Waals surface area (Å²) in [5, 5.41) is 3.50. The summed E-state index contributed by atoms with van der Waals surface area (Å²) in [7, 11) is 2.19. The van der Waals surface area contributed by atoms with Crippen molar-refractivity contribution in [2.45, 2.75) is 18.9 Å². The van der Waals surface area contributed by atoms with Crippen molar-refractivity contribution in [2.24, 2.45) is 0 Å². The Morgan fingerprint density at radius 1 is 1.60 bits per heavy atom. The molecule has 0 amide bonds. The van der Waals surface area contributed by atoms with Crippen molar-refractivity contribution in [3.63, 3.8) is 0 Å². The topological polar surface area (TPSA) is 15.3 Å². The molecule has 1 atom stereocenters. The molecule has 0 aromatic rings. The van der Waals surface area contributed by atoms with Gasteiger partial charge in [-0.3, -0.25) is 0 Å². The number of nitrogens with zero attached hydrogens (tertiary/aromatic N) is 1. The zero-order valence-corrected chi connectivity index (χ0v) is 8.95. The third-order valence-corrected chi connectivity index (χ3v) is 2.20. The average molecular weight is 311 g/mol. The number of hydrogen-bond donors (Lipinski definition) is 1. The van der Waals surface area contributed by atoms with Crippen LogP contribution in [-0.4, -0.2) is 31.1 Å². The number of nitrogens with one attached hydrogen (secondary N) is 1. The molecule has 1 N–H and O–H groups in total. The van der Waals surface area contributed by atoms with Crippen molar-refractivity contribution in [3.05, 3.63) is 6.04 Å². The molecular formula is C7H13N2Re-. The van der Waals surface area contributed by atoms with Crippen LogP contribution < -0.4 is 5.32 Å². The normalized spacial score (nSPS) is 33.9. The molecule has 0 aliphatic carbocycles.